The molecule has 0 aromatic heterocycles. The fraction of sp³-hybridized carbons (Fsp3) is 0.417. The lowest BCUT2D eigenvalue weighted by atomic mass is 9.99. The van der Waals surface area contributed by atoms with Crippen molar-refractivity contribution in [3.05, 3.63) is 54.1 Å². The van der Waals surface area contributed by atoms with Crippen LogP contribution in [0.3, 0.4) is 0 Å². The van der Waals surface area contributed by atoms with Crippen LogP contribution in [0.5, 0.6) is 0 Å². The molecular weight excluding hydrogens is 419 g/mol. The summed E-state index contributed by atoms with van der Waals surface area (Å²) < 4.78 is 62.9. The summed E-state index contributed by atoms with van der Waals surface area (Å²) in [6.07, 6.45) is -2.39. The van der Waals surface area contributed by atoms with Gasteiger partial charge in [-0.3, -0.25) is 14.9 Å². The Morgan fingerprint density at radius 1 is 1.09 bits per heavy atom. The number of carbonyl (C=O) groups is 2. The lowest BCUT2D eigenvalue weighted by molar-refractivity contribution is -0.160. The zero-order valence-electron chi connectivity index (χ0n) is 20.7. The zero-order chi connectivity index (χ0) is 25.8. The molecule has 0 radical (unpaired) electrons. The first-order valence-corrected chi connectivity index (χ1v) is 10.5. The maximum Gasteiger partial charge on any atom is 0.407 e. The number of alkyl halides is 3. The minimum Gasteiger partial charge on any atom is -0.358 e. The van der Waals surface area contributed by atoms with Gasteiger partial charge in [0, 0.05) is 29.7 Å². The van der Waals surface area contributed by atoms with Crippen LogP contribution < -0.4 is 15.5 Å². The third kappa shape index (κ3) is 5.48. The maximum atomic E-state index is 13.8. The second kappa shape index (κ2) is 10.2. The van der Waals surface area contributed by atoms with Crippen LogP contribution in [0.1, 0.15) is 48.3 Å². The Morgan fingerprint density at radius 3 is 2.25 bits per heavy atom. The van der Waals surface area contributed by atoms with E-state index in [9.17, 15) is 22.8 Å². The van der Waals surface area contributed by atoms with Crippen molar-refractivity contribution in [1.29, 1.82) is 0 Å². The number of hydrogen-bond donors (Lipinski definition) is 2. The highest BCUT2D eigenvalue weighted by Gasteiger charge is 2.42. The number of rotatable bonds is 7. The van der Waals surface area contributed by atoms with Crippen LogP contribution in [-0.2, 0) is 9.59 Å². The predicted octanol–water partition coefficient (Wildman–Crippen LogP) is 4.59. The molecule has 2 amide bonds. The molecule has 3 rings (SSSR count). The summed E-state index contributed by atoms with van der Waals surface area (Å²) in [5, 5.41) is 4.01. The molecule has 2 atom stereocenters. The van der Waals surface area contributed by atoms with E-state index in [2.05, 4.69) is 5.32 Å². The number of anilines is 1. The fourth-order valence-corrected chi connectivity index (χ4v) is 3.83. The van der Waals surface area contributed by atoms with Gasteiger partial charge in [-0.1, -0.05) is 43.3 Å². The lowest BCUT2D eigenvalue weighted by Crippen LogP contribution is -2.47. The second-order valence-electron chi connectivity index (χ2n) is 7.76. The van der Waals surface area contributed by atoms with Crippen molar-refractivity contribution in [2.75, 3.05) is 18.4 Å². The number of carbonyl (C=O) groups excluding carboxylic acids is 2. The van der Waals surface area contributed by atoms with Gasteiger partial charge in [-0.15, -0.1) is 0 Å². The van der Waals surface area contributed by atoms with Crippen LogP contribution in [-0.4, -0.2) is 37.6 Å². The summed E-state index contributed by atoms with van der Waals surface area (Å²) in [4.78, 5) is 26.0. The Balaban J connectivity index is 1.77. The van der Waals surface area contributed by atoms with Gasteiger partial charge >= 0.3 is 6.18 Å². The van der Waals surface area contributed by atoms with Crippen LogP contribution in [0, 0.1) is 0 Å². The van der Waals surface area contributed by atoms with E-state index < -0.39 is 31.1 Å². The molecule has 1 unspecified atom stereocenters. The van der Waals surface area contributed by atoms with Gasteiger partial charge in [0.2, 0.25) is 11.8 Å². The van der Waals surface area contributed by atoms with E-state index in [1.54, 1.807) is 22.3 Å². The molecule has 0 bridgehead atoms. The van der Waals surface area contributed by atoms with E-state index >= 15 is 0 Å². The van der Waals surface area contributed by atoms with E-state index in [1.807, 2.05) is 24.3 Å². The molecule has 8 heteroatoms. The van der Waals surface area contributed by atoms with Gasteiger partial charge in [0.15, 0.2) is 0 Å². The number of halogens is 3. The zero-order valence-corrected chi connectivity index (χ0v) is 17.7. The highest BCUT2D eigenvalue weighted by atomic mass is 19.4. The van der Waals surface area contributed by atoms with Crippen LogP contribution in [0.15, 0.2) is 48.5 Å². The van der Waals surface area contributed by atoms with Gasteiger partial charge in [-0.2, -0.15) is 13.2 Å². The SMILES string of the molecule is [2H]C([2H])([2H])NC(=O)C(CC)N[C@@H](c1ccc(-c2ccc(N3CCCCC3=O)cc2)cc1)C(F)(F)F. The van der Waals surface area contributed by atoms with Crippen molar-refractivity contribution in [3.8, 4) is 11.1 Å². The van der Waals surface area contributed by atoms with Gasteiger partial charge in [-0.05, 0) is 48.1 Å². The highest BCUT2D eigenvalue weighted by Crippen LogP contribution is 2.34. The van der Waals surface area contributed by atoms with Crippen LogP contribution in [0.2, 0.25) is 0 Å². The van der Waals surface area contributed by atoms with Gasteiger partial charge < -0.3 is 10.2 Å². The summed E-state index contributed by atoms with van der Waals surface area (Å²) in [5.74, 6) is -0.942. The van der Waals surface area contributed by atoms with Gasteiger partial charge in [0.05, 0.1) is 6.04 Å². The molecule has 2 aromatic rings. The molecule has 1 fully saturated rings. The normalized spacial score (nSPS) is 18.3. The minimum absolute atomic E-state index is 0.0293. The number of piperidine rings is 1. The molecule has 1 aliphatic heterocycles. The van der Waals surface area contributed by atoms with E-state index in [-0.39, 0.29) is 17.9 Å². The molecule has 1 heterocycles. The largest absolute Gasteiger partial charge is 0.407 e. The Kier molecular flexibility index (Phi) is 6.29. The van der Waals surface area contributed by atoms with Crippen LogP contribution in [0.4, 0.5) is 18.9 Å². The topological polar surface area (TPSA) is 61.4 Å². The predicted molar refractivity (Wildman–Crippen MR) is 118 cm³/mol. The first kappa shape index (κ1) is 19.8. The number of likely N-dealkylation sites (N-methyl/N-ethyl adjacent to an activating group) is 1. The summed E-state index contributed by atoms with van der Waals surface area (Å²) in [7, 11) is 0. The molecular formula is C24H28F3N3O2. The summed E-state index contributed by atoms with van der Waals surface area (Å²) in [5.41, 5.74) is 2.16. The number of nitrogens with zero attached hydrogens (tertiary/aromatic N) is 1. The van der Waals surface area contributed by atoms with Crippen molar-refractivity contribution < 1.29 is 26.9 Å². The molecule has 0 spiro atoms. The molecule has 1 saturated heterocycles. The molecule has 0 saturated carbocycles. The molecule has 0 aliphatic carbocycles. The van der Waals surface area contributed by atoms with Crippen molar-refractivity contribution in [3.63, 3.8) is 0 Å². The average Bonchev–Trinajstić information content (AvgIpc) is 2.78. The molecule has 32 heavy (non-hydrogen) atoms. The monoisotopic (exact) mass is 450 g/mol. The van der Waals surface area contributed by atoms with Crippen LogP contribution >= 0.6 is 0 Å². The van der Waals surface area contributed by atoms with Crippen molar-refractivity contribution in [2.24, 2.45) is 0 Å². The molecule has 2 N–H and O–H groups in total. The number of hydrogen-bond acceptors (Lipinski definition) is 3. The molecule has 1 aliphatic rings. The van der Waals surface area contributed by atoms with Gasteiger partial charge in [0.25, 0.3) is 0 Å². The number of benzene rings is 2. The summed E-state index contributed by atoms with van der Waals surface area (Å²) in [6, 6.07) is 9.55. The van der Waals surface area contributed by atoms with E-state index in [0.29, 0.717) is 18.5 Å². The Bertz CT molecular complexity index is 1030. The minimum atomic E-state index is -4.71. The van der Waals surface area contributed by atoms with Gasteiger partial charge in [0.1, 0.15) is 6.04 Å². The Labute approximate surface area is 190 Å². The van der Waals surface area contributed by atoms with E-state index in [1.165, 1.54) is 19.1 Å². The van der Waals surface area contributed by atoms with Gasteiger partial charge in [-0.25, -0.2) is 0 Å². The van der Waals surface area contributed by atoms with Crippen molar-refractivity contribution in [1.82, 2.24) is 10.6 Å². The van der Waals surface area contributed by atoms with Crippen molar-refractivity contribution in [2.45, 2.75) is 50.9 Å². The maximum absolute atomic E-state index is 13.8. The third-order valence-electron chi connectivity index (χ3n) is 5.62. The molecule has 2 aromatic carbocycles. The smallest absolute Gasteiger partial charge is 0.358 e. The van der Waals surface area contributed by atoms with E-state index in [0.717, 1.165) is 24.1 Å². The summed E-state index contributed by atoms with van der Waals surface area (Å²) >= 11 is 0. The lowest BCUT2D eigenvalue weighted by Gasteiger charge is -2.27. The highest BCUT2D eigenvalue weighted by molar-refractivity contribution is 5.94. The average molecular weight is 451 g/mol. The first-order chi connectivity index (χ1) is 16.4. The second-order valence-corrected chi connectivity index (χ2v) is 7.76. The van der Waals surface area contributed by atoms with E-state index in [4.69, 9.17) is 4.11 Å². The molecule has 172 valence electrons. The fourth-order valence-electron chi connectivity index (χ4n) is 3.83. The molecule has 5 nitrogen and oxygen atoms in total. The summed E-state index contributed by atoms with van der Waals surface area (Å²) in [6.45, 7) is -0.630. The quantitative estimate of drug-likeness (QED) is 0.649. The number of amides is 2. The van der Waals surface area contributed by atoms with Crippen molar-refractivity contribution >= 4 is 17.5 Å². The number of nitrogens with one attached hydrogen (secondary N) is 2. The third-order valence-corrected chi connectivity index (χ3v) is 5.62. The van der Waals surface area contributed by atoms with Crippen LogP contribution in [0.25, 0.3) is 11.1 Å². The Hall–Kier alpha value is -2.87. The first-order valence-electron chi connectivity index (χ1n) is 12.0. The Morgan fingerprint density at radius 2 is 1.72 bits per heavy atom. The standard InChI is InChI=1S/C24H28F3N3O2/c1-3-20(23(32)28-2)29-22(24(25,26)27)18-9-7-16(8-10-18)17-11-13-19(14-12-17)30-15-5-4-6-21(30)31/h7-14,20,22,29H,3-6,15H2,1-2H3,(H,28,32)/t20?,22-/m0/s1/i2D3.